The van der Waals surface area contributed by atoms with Gasteiger partial charge in [0.05, 0.1) is 0 Å². The molecule has 1 aromatic heterocycles. The molecule has 180 valence electrons. The highest BCUT2D eigenvalue weighted by Gasteiger charge is 2.18. The normalized spacial score (nSPS) is 11.0. The summed E-state index contributed by atoms with van der Waals surface area (Å²) in [5, 5.41) is 2.77. The Balaban J connectivity index is 1.51. The van der Waals surface area contributed by atoms with Gasteiger partial charge in [-0.1, -0.05) is 43.0 Å². The fourth-order valence-electron chi connectivity index (χ4n) is 3.48. The van der Waals surface area contributed by atoms with Crippen molar-refractivity contribution in [3.63, 3.8) is 0 Å². The van der Waals surface area contributed by atoms with Gasteiger partial charge in [0.25, 0.3) is 0 Å². The molecular formula is C30H26N2O4. The fourth-order valence-corrected chi connectivity index (χ4v) is 3.48. The highest BCUT2D eigenvalue weighted by Crippen LogP contribution is 2.36. The van der Waals surface area contributed by atoms with Crippen LogP contribution in [0.25, 0.3) is 17.1 Å². The van der Waals surface area contributed by atoms with Gasteiger partial charge in [0.2, 0.25) is 5.91 Å². The number of ether oxygens (including phenoxy) is 2. The molecule has 0 aliphatic rings. The molecule has 1 heterocycles. The van der Waals surface area contributed by atoms with Crippen molar-refractivity contribution in [2.24, 2.45) is 4.99 Å². The van der Waals surface area contributed by atoms with E-state index in [1.165, 1.54) is 6.08 Å². The maximum Gasteiger partial charge on any atom is 0.243 e. The summed E-state index contributed by atoms with van der Waals surface area (Å²) in [6, 6.07) is 26.4. The molecule has 36 heavy (non-hydrogen) atoms. The molecule has 4 aromatic rings. The van der Waals surface area contributed by atoms with Crippen molar-refractivity contribution in [2.45, 2.75) is 13.5 Å². The molecule has 0 unspecified atom stereocenters. The Morgan fingerprint density at radius 1 is 0.972 bits per heavy atom. The summed E-state index contributed by atoms with van der Waals surface area (Å²) >= 11 is 0. The van der Waals surface area contributed by atoms with Crippen molar-refractivity contribution in [3.05, 3.63) is 115 Å². The summed E-state index contributed by atoms with van der Waals surface area (Å²) in [5.74, 6) is 3.45. The number of carbonyl (C=O) groups is 1. The van der Waals surface area contributed by atoms with E-state index in [2.05, 4.69) is 23.6 Å². The standard InChI is InChI=1S/C30H26N2O4/c1-4-27(35-25-16-14-24(15-17-25)34-23-12-7-6-8-13-23)30-26(31-3)19-28(36-30)22-11-9-10-21(18-22)20-32-29(33)5-2/h4-19H,2-3,20H2,1H3,(H,32,33)/b27-4+. The van der Waals surface area contributed by atoms with Gasteiger partial charge in [-0.15, -0.1) is 0 Å². The molecule has 0 radical (unpaired) electrons. The smallest absolute Gasteiger partial charge is 0.243 e. The number of benzene rings is 3. The summed E-state index contributed by atoms with van der Waals surface area (Å²) in [6.45, 7) is 9.39. The molecule has 6 heteroatoms. The van der Waals surface area contributed by atoms with E-state index in [0.29, 0.717) is 41.0 Å². The molecule has 1 amide bonds. The highest BCUT2D eigenvalue weighted by atomic mass is 16.5. The van der Waals surface area contributed by atoms with Gasteiger partial charge in [-0.2, -0.15) is 0 Å². The average molecular weight is 479 g/mol. The lowest BCUT2D eigenvalue weighted by atomic mass is 10.1. The fraction of sp³-hybridized carbons (Fsp3) is 0.0667. The van der Waals surface area contributed by atoms with Crippen LogP contribution >= 0.6 is 0 Å². The predicted molar refractivity (Wildman–Crippen MR) is 143 cm³/mol. The van der Waals surface area contributed by atoms with E-state index in [1.807, 2.05) is 97.9 Å². The zero-order valence-corrected chi connectivity index (χ0v) is 19.9. The van der Waals surface area contributed by atoms with Gasteiger partial charge in [0.15, 0.2) is 11.5 Å². The van der Waals surface area contributed by atoms with Crippen LogP contribution in [0.2, 0.25) is 0 Å². The molecule has 0 fully saturated rings. The molecule has 0 saturated carbocycles. The molecule has 0 aliphatic heterocycles. The first kappa shape index (κ1) is 24.3. The molecule has 4 rings (SSSR count). The van der Waals surface area contributed by atoms with Crippen LogP contribution in [0.4, 0.5) is 5.69 Å². The number of allylic oxidation sites excluding steroid dienone is 1. The molecule has 1 N–H and O–H groups in total. The van der Waals surface area contributed by atoms with Crippen LogP contribution in [-0.4, -0.2) is 12.6 Å². The molecule has 0 bridgehead atoms. The lowest BCUT2D eigenvalue weighted by Gasteiger charge is -2.10. The number of carbonyl (C=O) groups excluding carboxylic acids is 1. The number of nitrogens with one attached hydrogen (secondary N) is 1. The van der Waals surface area contributed by atoms with Gasteiger partial charge in [0, 0.05) is 18.2 Å². The Morgan fingerprint density at radius 3 is 2.39 bits per heavy atom. The first-order valence-corrected chi connectivity index (χ1v) is 11.4. The van der Waals surface area contributed by atoms with Crippen LogP contribution < -0.4 is 14.8 Å². The van der Waals surface area contributed by atoms with Crippen LogP contribution in [0.5, 0.6) is 17.2 Å². The lowest BCUT2D eigenvalue weighted by Crippen LogP contribution is -2.19. The maximum absolute atomic E-state index is 11.5. The first-order chi connectivity index (χ1) is 17.6. The number of nitrogens with zero attached hydrogens (tertiary/aromatic N) is 1. The van der Waals surface area contributed by atoms with Crippen molar-refractivity contribution in [1.82, 2.24) is 5.32 Å². The maximum atomic E-state index is 11.5. The summed E-state index contributed by atoms with van der Waals surface area (Å²) < 4.78 is 18.1. The first-order valence-electron chi connectivity index (χ1n) is 11.4. The van der Waals surface area contributed by atoms with E-state index < -0.39 is 0 Å². The largest absolute Gasteiger partial charge is 0.457 e. The average Bonchev–Trinajstić information content (AvgIpc) is 3.36. The Morgan fingerprint density at radius 2 is 1.69 bits per heavy atom. The zero-order chi connectivity index (χ0) is 25.3. The molecule has 0 spiro atoms. The lowest BCUT2D eigenvalue weighted by molar-refractivity contribution is -0.116. The summed E-state index contributed by atoms with van der Waals surface area (Å²) in [6.07, 6.45) is 3.06. The molecule has 0 atom stereocenters. The van der Waals surface area contributed by atoms with E-state index in [0.717, 1.165) is 16.9 Å². The number of amides is 1. The SMILES string of the molecule is C=CC(=O)NCc1cccc(-c2cc(N=C)c(/C(=C\C)Oc3ccc(Oc4ccccc4)cc3)o2)c1. The Kier molecular flexibility index (Phi) is 7.78. The topological polar surface area (TPSA) is 73.1 Å². The minimum absolute atomic E-state index is 0.228. The number of furan rings is 1. The second-order valence-corrected chi connectivity index (χ2v) is 7.75. The van der Waals surface area contributed by atoms with Gasteiger partial charge in [-0.3, -0.25) is 9.79 Å². The van der Waals surface area contributed by atoms with Crippen molar-refractivity contribution in [3.8, 4) is 28.6 Å². The van der Waals surface area contributed by atoms with Gasteiger partial charge in [0.1, 0.15) is 28.7 Å². The van der Waals surface area contributed by atoms with Gasteiger partial charge in [-0.05, 0) is 73.8 Å². The van der Waals surface area contributed by atoms with E-state index in [9.17, 15) is 4.79 Å². The van der Waals surface area contributed by atoms with Crippen LogP contribution in [0, 0.1) is 0 Å². The quantitative estimate of drug-likeness (QED) is 0.147. The molecule has 0 aliphatic carbocycles. The minimum Gasteiger partial charge on any atom is -0.457 e. The third-order valence-electron chi connectivity index (χ3n) is 5.26. The number of hydrogen-bond donors (Lipinski definition) is 1. The van der Waals surface area contributed by atoms with Crippen molar-refractivity contribution in [2.75, 3.05) is 0 Å². The van der Waals surface area contributed by atoms with Crippen molar-refractivity contribution < 1.29 is 18.7 Å². The molecule has 3 aromatic carbocycles. The monoisotopic (exact) mass is 478 g/mol. The van der Waals surface area contributed by atoms with Gasteiger partial charge >= 0.3 is 0 Å². The van der Waals surface area contributed by atoms with Gasteiger partial charge in [-0.25, -0.2) is 0 Å². The zero-order valence-electron chi connectivity index (χ0n) is 19.9. The summed E-state index contributed by atoms with van der Waals surface area (Å²) in [4.78, 5) is 15.6. The van der Waals surface area contributed by atoms with E-state index in [1.54, 1.807) is 0 Å². The summed E-state index contributed by atoms with van der Waals surface area (Å²) in [7, 11) is 0. The van der Waals surface area contributed by atoms with Gasteiger partial charge < -0.3 is 19.2 Å². The Hall–Kier alpha value is -4.84. The van der Waals surface area contributed by atoms with E-state index in [-0.39, 0.29) is 5.91 Å². The second-order valence-electron chi connectivity index (χ2n) is 7.75. The Bertz CT molecular complexity index is 1390. The van der Waals surface area contributed by atoms with Crippen LogP contribution in [-0.2, 0) is 11.3 Å². The number of para-hydroxylation sites is 1. The van der Waals surface area contributed by atoms with E-state index in [4.69, 9.17) is 13.9 Å². The Labute approximate surface area is 210 Å². The molecule has 6 nitrogen and oxygen atoms in total. The number of aliphatic imine (C=N–C) groups is 1. The van der Waals surface area contributed by atoms with Crippen molar-refractivity contribution in [1.29, 1.82) is 0 Å². The number of hydrogen-bond acceptors (Lipinski definition) is 5. The third kappa shape index (κ3) is 5.98. The second kappa shape index (κ2) is 11.5. The molecular weight excluding hydrogens is 452 g/mol. The predicted octanol–water partition coefficient (Wildman–Crippen LogP) is 7.31. The van der Waals surface area contributed by atoms with Crippen LogP contribution in [0.3, 0.4) is 0 Å². The van der Waals surface area contributed by atoms with Crippen molar-refractivity contribution >= 4 is 24.1 Å². The van der Waals surface area contributed by atoms with Crippen LogP contribution in [0.1, 0.15) is 18.2 Å². The molecule has 0 saturated heterocycles. The van der Waals surface area contributed by atoms with E-state index >= 15 is 0 Å². The third-order valence-corrected chi connectivity index (χ3v) is 5.26. The van der Waals surface area contributed by atoms with Crippen LogP contribution in [0.15, 0.2) is 113 Å². The minimum atomic E-state index is -0.228. The number of rotatable bonds is 10. The highest BCUT2D eigenvalue weighted by molar-refractivity contribution is 5.86. The summed E-state index contributed by atoms with van der Waals surface area (Å²) in [5.41, 5.74) is 2.33.